The lowest BCUT2D eigenvalue weighted by Gasteiger charge is -2.34. The normalized spacial score (nSPS) is 14.2. The lowest BCUT2D eigenvalue weighted by atomic mass is 9.70. The van der Waals surface area contributed by atoms with Crippen LogP contribution in [0.25, 0.3) is 6.08 Å². The van der Waals surface area contributed by atoms with Gasteiger partial charge in [-0.05, 0) is 81.2 Å². The van der Waals surface area contributed by atoms with E-state index in [0.29, 0.717) is 5.75 Å². The highest BCUT2D eigenvalue weighted by atomic mass is 16.3. The Hall–Kier alpha value is -2.35. The van der Waals surface area contributed by atoms with E-state index in [0.717, 1.165) is 47.9 Å². The van der Waals surface area contributed by atoms with Gasteiger partial charge in [0.15, 0.2) is 0 Å². The molecular weight excluding hydrogens is 476 g/mol. The molecule has 0 aliphatic rings. The van der Waals surface area contributed by atoms with Gasteiger partial charge in [0, 0.05) is 17.0 Å². The van der Waals surface area contributed by atoms with E-state index in [-0.39, 0.29) is 27.6 Å². The molecule has 1 N–H and O–H groups in total. The number of phenols is 1. The maximum Gasteiger partial charge on any atom is 0.225 e. The van der Waals surface area contributed by atoms with E-state index >= 15 is 0 Å². The molecule has 1 atom stereocenters. The molecule has 0 aliphatic carbocycles. The van der Waals surface area contributed by atoms with Crippen molar-refractivity contribution in [3.05, 3.63) is 69.3 Å². The Morgan fingerprint density at radius 3 is 1.54 bits per heavy atom. The molecule has 215 valence electrons. The van der Waals surface area contributed by atoms with Crippen LogP contribution in [0.4, 0.5) is 0 Å². The van der Waals surface area contributed by atoms with Crippen molar-refractivity contribution in [2.24, 2.45) is 0 Å². The monoisotopic (exact) mass is 531 g/mol. The van der Waals surface area contributed by atoms with Gasteiger partial charge in [0.25, 0.3) is 0 Å². The van der Waals surface area contributed by atoms with Crippen molar-refractivity contribution in [2.45, 2.75) is 143 Å². The van der Waals surface area contributed by atoms with E-state index in [1.807, 2.05) is 12.4 Å². The van der Waals surface area contributed by atoms with Crippen LogP contribution in [0.3, 0.4) is 0 Å². The first-order valence-electron chi connectivity index (χ1n) is 15.0. The average molecular weight is 532 g/mol. The van der Waals surface area contributed by atoms with Gasteiger partial charge < -0.3 is 5.11 Å². The number of rotatable bonds is 12. The number of hydrogen-bond donors (Lipinski definition) is 1. The fourth-order valence-corrected chi connectivity index (χ4v) is 5.14. The first-order chi connectivity index (χ1) is 17.9. The zero-order valence-electron chi connectivity index (χ0n) is 27.2. The molecule has 0 spiro atoms. The predicted octanol–water partition coefficient (Wildman–Crippen LogP) is 10.4. The van der Waals surface area contributed by atoms with Crippen LogP contribution in [-0.2, 0) is 26.5 Å². The molecular formula is C37H55O2. The highest BCUT2D eigenvalue weighted by Crippen LogP contribution is 2.46. The number of carbonyl (C=O) groups excluding carboxylic acids is 1. The third-order valence-corrected chi connectivity index (χ3v) is 10.2. The Morgan fingerprint density at radius 1 is 0.692 bits per heavy atom. The first-order valence-corrected chi connectivity index (χ1v) is 15.0. The molecule has 0 aliphatic heterocycles. The largest absolute Gasteiger partial charge is 0.507 e. The molecule has 0 amide bonds. The summed E-state index contributed by atoms with van der Waals surface area (Å²) in [5, 5.41) is 11.9. The summed E-state index contributed by atoms with van der Waals surface area (Å²) in [4.78, 5) is 11.4. The molecule has 2 heteroatoms. The van der Waals surface area contributed by atoms with Crippen molar-refractivity contribution >= 4 is 12.4 Å². The van der Waals surface area contributed by atoms with Gasteiger partial charge in [-0.1, -0.05) is 120 Å². The van der Waals surface area contributed by atoms with E-state index in [2.05, 4.69) is 114 Å². The van der Waals surface area contributed by atoms with Gasteiger partial charge in [-0.3, -0.25) is 4.79 Å². The molecule has 1 unspecified atom stereocenters. The Bertz CT molecular complexity index is 1190. The molecule has 0 aromatic heterocycles. The summed E-state index contributed by atoms with van der Waals surface area (Å²) in [5.74, 6) is 0.327. The molecule has 2 aromatic carbocycles. The minimum Gasteiger partial charge on any atom is -0.507 e. The van der Waals surface area contributed by atoms with Gasteiger partial charge in [-0.25, -0.2) is 0 Å². The molecule has 0 saturated heterocycles. The van der Waals surface area contributed by atoms with Crippen LogP contribution >= 0.6 is 0 Å². The predicted molar refractivity (Wildman–Crippen MR) is 170 cm³/mol. The molecule has 0 heterocycles. The van der Waals surface area contributed by atoms with E-state index in [9.17, 15) is 9.90 Å². The van der Waals surface area contributed by atoms with Crippen LogP contribution in [-0.4, -0.2) is 11.4 Å². The van der Waals surface area contributed by atoms with Crippen LogP contribution in [0.5, 0.6) is 5.75 Å². The maximum absolute atomic E-state index is 11.9. The first kappa shape index (κ1) is 32.9. The van der Waals surface area contributed by atoms with Crippen molar-refractivity contribution in [2.75, 3.05) is 0 Å². The highest BCUT2D eigenvalue weighted by molar-refractivity contribution is 5.77. The van der Waals surface area contributed by atoms with Crippen molar-refractivity contribution in [1.29, 1.82) is 0 Å². The quantitative estimate of drug-likeness (QED) is 0.277. The number of benzene rings is 2. The van der Waals surface area contributed by atoms with E-state index in [4.69, 9.17) is 0 Å². The molecule has 1 radical (unpaired) electrons. The lowest BCUT2D eigenvalue weighted by molar-refractivity contribution is 0.418. The summed E-state index contributed by atoms with van der Waals surface area (Å²) < 4.78 is 0. The van der Waals surface area contributed by atoms with Crippen LogP contribution in [0.15, 0.2) is 30.3 Å². The second kappa shape index (κ2) is 12.0. The van der Waals surface area contributed by atoms with Crippen molar-refractivity contribution < 1.29 is 9.90 Å². The van der Waals surface area contributed by atoms with Gasteiger partial charge in [0.1, 0.15) is 5.75 Å². The summed E-state index contributed by atoms with van der Waals surface area (Å²) in [6, 6.07) is 9.16. The minimum absolute atomic E-state index is 0.00444. The van der Waals surface area contributed by atoms with Gasteiger partial charge in [-0.15, -0.1) is 0 Å². The molecule has 0 saturated carbocycles. The van der Waals surface area contributed by atoms with Crippen LogP contribution < -0.4 is 0 Å². The Balaban J connectivity index is 3.09. The van der Waals surface area contributed by atoms with E-state index < -0.39 is 0 Å². The van der Waals surface area contributed by atoms with Crippen molar-refractivity contribution in [3.8, 4) is 5.75 Å². The number of hydrogen-bond acceptors (Lipinski definition) is 2. The third-order valence-electron chi connectivity index (χ3n) is 10.2. The molecule has 0 bridgehead atoms. The lowest BCUT2D eigenvalue weighted by Crippen LogP contribution is -2.24. The summed E-state index contributed by atoms with van der Waals surface area (Å²) in [6.45, 7) is 29.3. The average Bonchev–Trinajstić information content (AvgIpc) is 2.90. The summed E-state index contributed by atoms with van der Waals surface area (Å²) >= 11 is 0. The smallest absolute Gasteiger partial charge is 0.225 e. The number of phenolic OH excluding ortho intramolecular Hbond substituents is 1. The zero-order chi connectivity index (χ0) is 30.0. The second-order valence-corrected chi connectivity index (χ2v) is 14.1. The van der Waals surface area contributed by atoms with Crippen LogP contribution in [0.2, 0.25) is 0 Å². The molecule has 39 heavy (non-hydrogen) atoms. The highest BCUT2D eigenvalue weighted by Gasteiger charge is 2.33. The summed E-state index contributed by atoms with van der Waals surface area (Å²) in [6.07, 6.45) is 9.34. The third kappa shape index (κ3) is 6.69. The molecule has 2 nitrogen and oxygen atoms in total. The van der Waals surface area contributed by atoms with Crippen LogP contribution in [0.1, 0.15) is 161 Å². The second-order valence-electron chi connectivity index (χ2n) is 14.1. The fraction of sp³-hybridized carbons (Fsp3) is 0.595. The van der Waals surface area contributed by atoms with Gasteiger partial charge in [-0.2, -0.15) is 0 Å². The molecule has 2 rings (SSSR count). The van der Waals surface area contributed by atoms with E-state index in [1.54, 1.807) is 0 Å². The summed E-state index contributed by atoms with van der Waals surface area (Å²) in [7, 11) is 0. The van der Waals surface area contributed by atoms with Crippen molar-refractivity contribution in [3.63, 3.8) is 0 Å². The summed E-state index contributed by atoms with van der Waals surface area (Å²) in [5.41, 5.74) is 7.75. The fourth-order valence-electron chi connectivity index (χ4n) is 5.14. The maximum atomic E-state index is 11.9. The Morgan fingerprint density at radius 2 is 1.10 bits per heavy atom. The topological polar surface area (TPSA) is 37.3 Å². The number of allylic oxidation sites excluding steroid dienone is 1. The number of aromatic hydroxyl groups is 1. The minimum atomic E-state index is -0.158. The SMILES string of the molecule is CCC(C)(C)c1cc(C(C)c2cc(C(C)(C)CC)cc(C(C)(C)CC)c2C=C[C]=O)c(O)c(C(C)(C)CC)c1. The van der Waals surface area contributed by atoms with E-state index in [1.165, 1.54) is 22.8 Å². The van der Waals surface area contributed by atoms with Crippen molar-refractivity contribution in [1.82, 2.24) is 0 Å². The Labute approximate surface area is 240 Å². The molecule has 0 fully saturated rings. The Kier molecular flexibility index (Phi) is 10.1. The van der Waals surface area contributed by atoms with Gasteiger partial charge in [0.05, 0.1) is 0 Å². The standard InChI is InChI=1S/C37H55O2/c1-14-34(6,7)26-21-29(28(19-18-20-38)31(23-26)36(10,11)16-3)25(5)30-22-27(35(8,9)15-2)24-32(33(30)39)37(12,13)17-4/h18-19,21-25,39H,14-17H2,1-13H3. The zero-order valence-corrected chi connectivity index (χ0v) is 27.2. The van der Waals surface area contributed by atoms with Gasteiger partial charge >= 0.3 is 0 Å². The van der Waals surface area contributed by atoms with Crippen LogP contribution in [0, 0.1) is 0 Å². The van der Waals surface area contributed by atoms with Gasteiger partial charge in [0.2, 0.25) is 6.29 Å². The molecule has 2 aromatic rings.